The van der Waals surface area contributed by atoms with Crippen LogP contribution in [0.25, 0.3) is 0 Å². The first-order valence-electron chi connectivity index (χ1n) is 6.33. The van der Waals surface area contributed by atoms with E-state index in [0.29, 0.717) is 17.8 Å². The van der Waals surface area contributed by atoms with Gasteiger partial charge >= 0.3 is 0 Å². The van der Waals surface area contributed by atoms with Crippen molar-refractivity contribution in [1.82, 2.24) is 0 Å². The molecule has 3 nitrogen and oxygen atoms in total. The van der Waals surface area contributed by atoms with Crippen LogP contribution in [0.15, 0.2) is 18.2 Å². The first-order valence-corrected chi connectivity index (χ1v) is 6.33. The molecule has 0 radical (unpaired) electrons. The van der Waals surface area contributed by atoms with E-state index in [9.17, 15) is 4.39 Å². The van der Waals surface area contributed by atoms with Crippen LogP contribution in [0, 0.1) is 33.9 Å². The molecule has 0 heterocycles. The summed E-state index contributed by atoms with van der Waals surface area (Å²) in [5.41, 5.74) is 0.442. The summed E-state index contributed by atoms with van der Waals surface area (Å²) in [6, 6.07) is 8.54. The highest BCUT2D eigenvalue weighted by atomic mass is 19.1. The number of benzene rings is 1. The minimum absolute atomic E-state index is 0.292. The van der Waals surface area contributed by atoms with Crippen molar-refractivity contribution in [3.05, 3.63) is 29.6 Å². The Balaban J connectivity index is 2.35. The second kappa shape index (κ2) is 6.75. The Bertz CT molecular complexity index is 509. The van der Waals surface area contributed by atoms with Crippen LogP contribution in [0.2, 0.25) is 0 Å². The summed E-state index contributed by atoms with van der Waals surface area (Å²) in [6.07, 6.45) is 2.64. The highest BCUT2D eigenvalue weighted by molar-refractivity contribution is 5.48. The van der Waals surface area contributed by atoms with Crippen molar-refractivity contribution in [2.24, 2.45) is 5.41 Å². The quantitative estimate of drug-likeness (QED) is 0.790. The topological polar surface area (TPSA) is 59.6 Å². The predicted octanol–water partition coefficient (Wildman–Crippen LogP) is 3.83. The first kappa shape index (κ1) is 15.0. The number of anilines is 1. The van der Waals surface area contributed by atoms with Crippen molar-refractivity contribution in [2.75, 3.05) is 11.9 Å². The molecule has 0 aliphatic carbocycles. The van der Waals surface area contributed by atoms with Crippen molar-refractivity contribution in [3.8, 4) is 12.1 Å². The standard InChI is InChI=1S/C15H18FN3/c1-15(2,11-18)7-3-4-8-19-14-6-5-12(10-17)9-13(14)16/h5-6,9,19H,3-4,7-8H2,1-2H3. The van der Waals surface area contributed by atoms with Crippen LogP contribution in [0.1, 0.15) is 38.7 Å². The minimum Gasteiger partial charge on any atom is -0.383 e. The third kappa shape index (κ3) is 4.97. The molecule has 0 aromatic heterocycles. The lowest BCUT2D eigenvalue weighted by Gasteiger charge is -2.14. The van der Waals surface area contributed by atoms with Gasteiger partial charge in [0.25, 0.3) is 0 Å². The Morgan fingerprint density at radius 1 is 1.26 bits per heavy atom. The van der Waals surface area contributed by atoms with E-state index in [1.54, 1.807) is 12.1 Å². The average Bonchev–Trinajstić information content (AvgIpc) is 2.39. The van der Waals surface area contributed by atoms with Crippen molar-refractivity contribution >= 4 is 5.69 Å². The molecule has 0 saturated carbocycles. The van der Waals surface area contributed by atoms with E-state index in [4.69, 9.17) is 10.5 Å². The molecule has 0 atom stereocenters. The van der Waals surface area contributed by atoms with Gasteiger partial charge in [-0.2, -0.15) is 10.5 Å². The summed E-state index contributed by atoms with van der Waals surface area (Å²) < 4.78 is 13.5. The second-order valence-corrected chi connectivity index (χ2v) is 5.19. The number of hydrogen-bond donors (Lipinski definition) is 1. The molecule has 0 aliphatic rings. The summed E-state index contributed by atoms with van der Waals surface area (Å²) in [5, 5.41) is 20.5. The molecular weight excluding hydrogens is 241 g/mol. The highest BCUT2D eigenvalue weighted by Gasteiger charge is 2.15. The molecular formula is C15H18FN3. The summed E-state index contributed by atoms with van der Waals surface area (Å²) in [4.78, 5) is 0. The van der Waals surface area contributed by atoms with Crippen LogP contribution < -0.4 is 5.32 Å². The Labute approximate surface area is 113 Å². The second-order valence-electron chi connectivity index (χ2n) is 5.19. The fourth-order valence-electron chi connectivity index (χ4n) is 1.70. The van der Waals surface area contributed by atoms with Gasteiger partial charge in [0.1, 0.15) is 5.82 Å². The van der Waals surface area contributed by atoms with Gasteiger partial charge in [-0.05, 0) is 44.9 Å². The van der Waals surface area contributed by atoms with Crippen molar-refractivity contribution in [2.45, 2.75) is 33.1 Å². The Morgan fingerprint density at radius 3 is 2.58 bits per heavy atom. The van der Waals surface area contributed by atoms with E-state index < -0.39 is 5.82 Å². The maximum absolute atomic E-state index is 13.5. The number of nitriles is 2. The van der Waals surface area contributed by atoms with E-state index in [1.807, 2.05) is 19.9 Å². The van der Waals surface area contributed by atoms with E-state index in [0.717, 1.165) is 19.3 Å². The maximum atomic E-state index is 13.5. The summed E-state index contributed by atoms with van der Waals surface area (Å²) in [6.45, 7) is 4.49. The van der Waals surface area contributed by atoms with Gasteiger partial charge in [-0.3, -0.25) is 0 Å². The minimum atomic E-state index is -0.406. The maximum Gasteiger partial charge on any atom is 0.147 e. The van der Waals surface area contributed by atoms with E-state index in [-0.39, 0.29) is 5.41 Å². The number of halogens is 1. The lowest BCUT2D eigenvalue weighted by molar-refractivity contribution is 0.430. The summed E-state index contributed by atoms with van der Waals surface area (Å²) in [7, 11) is 0. The fourth-order valence-corrected chi connectivity index (χ4v) is 1.70. The monoisotopic (exact) mass is 259 g/mol. The molecule has 0 spiro atoms. The van der Waals surface area contributed by atoms with Crippen LogP contribution in [0.3, 0.4) is 0 Å². The van der Waals surface area contributed by atoms with Gasteiger partial charge in [0.15, 0.2) is 0 Å². The zero-order chi connectivity index (χ0) is 14.3. The van der Waals surface area contributed by atoms with E-state index >= 15 is 0 Å². The summed E-state index contributed by atoms with van der Waals surface area (Å²) in [5.74, 6) is -0.406. The number of nitrogens with zero attached hydrogens (tertiary/aromatic N) is 2. The van der Waals surface area contributed by atoms with Crippen molar-refractivity contribution in [3.63, 3.8) is 0 Å². The van der Waals surface area contributed by atoms with Crippen LogP contribution in [-0.2, 0) is 0 Å². The zero-order valence-electron chi connectivity index (χ0n) is 11.3. The lowest BCUT2D eigenvalue weighted by Crippen LogP contribution is -2.09. The Kier molecular flexibility index (Phi) is 5.33. The molecule has 0 aliphatic heterocycles. The molecule has 0 amide bonds. The molecule has 1 aromatic rings. The predicted molar refractivity (Wildman–Crippen MR) is 72.8 cm³/mol. The third-order valence-electron chi connectivity index (χ3n) is 2.94. The molecule has 0 bridgehead atoms. The molecule has 4 heteroatoms. The average molecular weight is 259 g/mol. The van der Waals surface area contributed by atoms with Gasteiger partial charge in [0, 0.05) is 6.54 Å². The summed E-state index contributed by atoms with van der Waals surface area (Å²) >= 11 is 0. The van der Waals surface area contributed by atoms with Crippen LogP contribution >= 0.6 is 0 Å². The Morgan fingerprint density at radius 2 is 2.00 bits per heavy atom. The third-order valence-corrected chi connectivity index (χ3v) is 2.94. The number of unbranched alkanes of at least 4 members (excludes halogenated alkanes) is 1. The smallest absolute Gasteiger partial charge is 0.147 e. The van der Waals surface area contributed by atoms with Crippen molar-refractivity contribution < 1.29 is 4.39 Å². The highest BCUT2D eigenvalue weighted by Crippen LogP contribution is 2.22. The molecule has 0 fully saturated rings. The van der Waals surface area contributed by atoms with Crippen molar-refractivity contribution in [1.29, 1.82) is 10.5 Å². The number of nitrogens with one attached hydrogen (secondary N) is 1. The van der Waals surface area contributed by atoms with Gasteiger partial charge in [0.05, 0.1) is 28.8 Å². The molecule has 100 valence electrons. The first-order chi connectivity index (χ1) is 8.98. The molecule has 0 saturated heterocycles. The normalized spacial score (nSPS) is 10.6. The SMILES string of the molecule is CC(C)(C#N)CCCCNc1ccc(C#N)cc1F. The van der Waals surface area contributed by atoms with Gasteiger partial charge in [-0.25, -0.2) is 4.39 Å². The number of rotatable bonds is 6. The van der Waals surface area contributed by atoms with Gasteiger partial charge in [0.2, 0.25) is 0 Å². The van der Waals surface area contributed by atoms with E-state index in [2.05, 4.69) is 11.4 Å². The van der Waals surface area contributed by atoms with Gasteiger partial charge in [-0.1, -0.05) is 6.42 Å². The lowest BCUT2D eigenvalue weighted by atomic mass is 9.89. The van der Waals surface area contributed by atoms with Gasteiger partial charge < -0.3 is 5.32 Å². The van der Waals surface area contributed by atoms with E-state index in [1.165, 1.54) is 6.07 Å². The molecule has 0 unspecified atom stereocenters. The molecule has 1 N–H and O–H groups in total. The van der Waals surface area contributed by atoms with Gasteiger partial charge in [-0.15, -0.1) is 0 Å². The molecule has 1 rings (SSSR count). The largest absolute Gasteiger partial charge is 0.383 e. The number of hydrogen-bond acceptors (Lipinski definition) is 3. The fraction of sp³-hybridized carbons (Fsp3) is 0.467. The van der Waals surface area contributed by atoms with Crippen LogP contribution in [-0.4, -0.2) is 6.54 Å². The van der Waals surface area contributed by atoms with Crippen LogP contribution in [0.4, 0.5) is 10.1 Å². The van der Waals surface area contributed by atoms with Crippen LogP contribution in [0.5, 0.6) is 0 Å². The molecule has 19 heavy (non-hydrogen) atoms. The zero-order valence-corrected chi connectivity index (χ0v) is 11.3. The Hall–Kier alpha value is -2.07. The molecule has 1 aromatic carbocycles.